The van der Waals surface area contributed by atoms with E-state index < -0.39 is 10.0 Å². The first-order valence-electron chi connectivity index (χ1n) is 10.3. The Morgan fingerprint density at radius 2 is 1.42 bits per heavy atom. The molecule has 0 fully saturated rings. The van der Waals surface area contributed by atoms with Gasteiger partial charge in [-0.1, -0.05) is 65.7 Å². The standard InChI is InChI=1S/C25H28N2O3S/c1-20-10-14-22(15-11-20)7-6-18-26-25(28)19-27(23-8-4-3-5-9-23)31(29,30)24-16-12-21(2)13-17-24/h3-5,8-17H,6-7,18-19H2,1-2H3,(H,26,28). The molecule has 0 saturated carbocycles. The molecule has 0 aliphatic heterocycles. The number of hydrogen-bond acceptors (Lipinski definition) is 3. The van der Waals surface area contributed by atoms with Crippen molar-refractivity contribution in [2.24, 2.45) is 0 Å². The summed E-state index contributed by atoms with van der Waals surface area (Å²) in [6.07, 6.45) is 1.63. The van der Waals surface area contributed by atoms with Crippen molar-refractivity contribution in [3.63, 3.8) is 0 Å². The quantitative estimate of drug-likeness (QED) is 0.510. The Balaban J connectivity index is 1.66. The lowest BCUT2D eigenvalue weighted by atomic mass is 10.1. The zero-order valence-electron chi connectivity index (χ0n) is 17.9. The molecule has 0 spiro atoms. The van der Waals surface area contributed by atoms with E-state index in [1.807, 2.05) is 19.9 Å². The van der Waals surface area contributed by atoms with Crippen LogP contribution in [0.5, 0.6) is 0 Å². The maximum atomic E-state index is 13.3. The number of carbonyl (C=O) groups excluding carboxylic acids is 1. The van der Waals surface area contributed by atoms with E-state index in [2.05, 4.69) is 29.6 Å². The van der Waals surface area contributed by atoms with Crippen molar-refractivity contribution in [1.29, 1.82) is 0 Å². The molecule has 0 heterocycles. The van der Waals surface area contributed by atoms with Crippen LogP contribution in [0.3, 0.4) is 0 Å². The van der Waals surface area contributed by atoms with Crippen LogP contribution in [0.4, 0.5) is 5.69 Å². The first-order chi connectivity index (χ1) is 14.9. The van der Waals surface area contributed by atoms with Crippen LogP contribution in [-0.2, 0) is 21.2 Å². The van der Waals surface area contributed by atoms with E-state index in [4.69, 9.17) is 0 Å². The smallest absolute Gasteiger partial charge is 0.264 e. The minimum Gasteiger partial charge on any atom is -0.355 e. The molecule has 1 N–H and O–H groups in total. The lowest BCUT2D eigenvalue weighted by molar-refractivity contribution is -0.119. The van der Waals surface area contributed by atoms with Gasteiger partial charge in [-0.25, -0.2) is 8.42 Å². The van der Waals surface area contributed by atoms with Gasteiger partial charge in [-0.15, -0.1) is 0 Å². The van der Waals surface area contributed by atoms with Gasteiger partial charge in [0.1, 0.15) is 6.54 Å². The van der Waals surface area contributed by atoms with Crippen molar-refractivity contribution in [3.8, 4) is 0 Å². The van der Waals surface area contributed by atoms with E-state index >= 15 is 0 Å². The lowest BCUT2D eigenvalue weighted by Crippen LogP contribution is -2.41. The summed E-state index contributed by atoms with van der Waals surface area (Å²) in [5, 5.41) is 2.85. The normalized spacial score (nSPS) is 11.2. The summed E-state index contributed by atoms with van der Waals surface area (Å²) in [6.45, 7) is 4.16. The summed E-state index contributed by atoms with van der Waals surface area (Å²) in [5.41, 5.74) is 3.86. The van der Waals surface area contributed by atoms with E-state index in [9.17, 15) is 13.2 Å². The van der Waals surface area contributed by atoms with Gasteiger partial charge in [0, 0.05) is 6.54 Å². The van der Waals surface area contributed by atoms with Gasteiger partial charge in [0.15, 0.2) is 0 Å². The predicted octanol–water partition coefficient (Wildman–Crippen LogP) is 4.25. The molecule has 31 heavy (non-hydrogen) atoms. The second kappa shape index (κ2) is 10.3. The number of nitrogens with one attached hydrogen (secondary N) is 1. The maximum absolute atomic E-state index is 13.3. The topological polar surface area (TPSA) is 66.5 Å². The van der Waals surface area contributed by atoms with Gasteiger partial charge >= 0.3 is 0 Å². The average molecular weight is 437 g/mol. The Morgan fingerprint density at radius 1 is 0.839 bits per heavy atom. The molecule has 0 radical (unpaired) electrons. The number of benzene rings is 3. The molecular weight excluding hydrogens is 408 g/mol. The van der Waals surface area contributed by atoms with Gasteiger partial charge in [0.25, 0.3) is 10.0 Å². The zero-order chi connectivity index (χ0) is 22.3. The Bertz CT molecular complexity index is 1090. The lowest BCUT2D eigenvalue weighted by Gasteiger charge is -2.24. The minimum absolute atomic E-state index is 0.161. The fourth-order valence-electron chi connectivity index (χ4n) is 3.21. The number of anilines is 1. The second-order valence-electron chi connectivity index (χ2n) is 7.60. The molecule has 0 bridgehead atoms. The summed E-state index contributed by atoms with van der Waals surface area (Å²) >= 11 is 0. The first-order valence-corrected chi connectivity index (χ1v) is 11.8. The molecule has 3 rings (SSSR count). The zero-order valence-corrected chi connectivity index (χ0v) is 18.7. The molecule has 0 aliphatic rings. The van der Waals surface area contributed by atoms with E-state index in [0.717, 1.165) is 22.7 Å². The highest BCUT2D eigenvalue weighted by Gasteiger charge is 2.26. The maximum Gasteiger partial charge on any atom is 0.264 e. The fourth-order valence-corrected chi connectivity index (χ4v) is 4.63. The second-order valence-corrected chi connectivity index (χ2v) is 9.46. The molecule has 5 nitrogen and oxygen atoms in total. The van der Waals surface area contributed by atoms with Crippen LogP contribution in [0, 0.1) is 13.8 Å². The molecule has 1 amide bonds. The van der Waals surface area contributed by atoms with Crippen molar-refractivity contribution >= 4 is 21.6 Å². The Morgan fingerprint density at radius 3 is 2.03 bits per heavy atom. The van der Waals surface area contributed by atoms with Gasteiger partial charge in [-0.3, -0.25) is 9.10 Å². The Kier molecular flexibility index (Phi) is 7.47. The van der Waals surface area contributed by atoms with E-state index in [1.54, 1.807) is 48.5 Å². The van der Waals surface area contributed by atoms with E-state index in [1.165, 1.54) is 11.1 Å². The van der Waals surface area contributed by atoms with Crippen molar-refractivity contribution in [1.82, 2.24) is 5.32 Å². The number of rotatable bonds is 9. The number of nitrogens with zero attached hydrogens (tertiary/aromatic N) is 1. The molecule has 3 aromatic carbocycles. The Hall–Kier alpha value is -3.12. The van der Waals surface area contributed by atoms with Crippen LogP contribution >= 0.6 is 0 Å². The van der Waals surface area contributed by atoms with Crippen LogP contribution in [0.15, 0.2) is 83.8 Å². The number of para-hydroxylation sites is 1. The van der Waals surface area contributed by atoms with Crippen molar-refractivity contribution in [2.45, 2.75) is 31.6 Å². The fraction of sp³-hybridized carbons (Fsp3) is 0.240. The third-order valence-corrected chi connectivity index (χ3v) is 6.81. The molecular formula is C25H28N2O3S. The average Bonchev–Trinajstić information content (AvgIpc) is 2.77. The van der Waals surface area contributed by atoms with Crippen LogP contribution in [0.2, 0.25) is 0 Å². The summed E-state index contributed by atoms with van der Waals surface area (Å²) in [4.78, 5) is 12.8. The van der Waals surface area contributed by atoms with Crippen LogP contribution in [0.1, 0.15) is 23.1 Å². The number of carbonyl (C=O) groups is 1. The monoisotopic (exact) mass is 436 g/mol. The molecule has 3 aromatic rings. The van der Waals surface area contributed by atoms with E-state index in [-0.39, 0.29) is 17.3 Å². The highest BCUT2D eigenvalue weighted by atomic mass is 32.2. The summed E-state index contributed by atoms with van der Waals surface area (Å²) in [6, 6.07) is 23.7. The third kappa shape index (κ3) is 6.18. The van der Waals surface area contributed by atoms with Crippen LogP contribution in [-0.4, -0.2) is 27.4 Å². The molecule has 0 aliphatic carbocycles. The summed E-state index contributed by atoms with van der Waals surface area (Å²) < 4.78 is 27.7. The number of sulfonamides is 1. The van der Waals surface area contributed by atoms with Gasteiger partial charge in [0.2, 0.25) is 5.91 Å². The molecule has 0 aromatic heterocycles. The summed E-state index contributed by atoms with van der Waals surface area (Å²) in [7, 11) is -3.87. The molecule has 162 valence electrons. The largest absolute Gasteiger partial charge is 0.355 e. The number of amides is 1. The van der Waals surface area contributed by atoms with E-state index in [0.29, 0.717) is 12.2 Å². The first kappa shape index (κ1) is 22.6. The number of aryl methyl sites for hydroxylation is 3. The van der Waals surface area contributed by atoms with Gasteiger partial charge in [0.05, 0.1) is 10.6 Å². The SMILES string of the molecule is Cc1ccc(CCCNC(=O)CN(c2ccccc2)S(=O)(=O)c2ccc(C)cc2)cc1. The van der Waals surface area contributed by atoms with Gasteiger partial charge in [-0.2, -0.15) is 0 Å². The van der Waals surface area contributed by atoms with Gasteiger partial charge < -0.3 is 5.32 Å². The van der Waals surface area contributed by atoms with Gasteiger partial charge in [-0.05, 0) is 56.5 Å². The minimum atomic E-state index is -3.87. The molecule has 0 unspecified atom stereocenters. The highest BCUT2D eigenvalue weighted by molar-refractivity contribution is 7.92. The third-order valence-electron chi connectivity index (χ3n) is 5.03. The molecule has 0 atom stereocenters. The van der Waals surface area contributed by atoms with Crippen molar-refractivity contribution < 1.29 is 13.2 Å². The summed E-state index contributed by atoms with van der Waals surface area (Å²) in [5.74, 6) is -0.330. The van der Waals surface area contributed by atoms with Crippen molar-refractivity contribution in [3.05, 3.63) is 95.6 Å². The Labute approximate surface area is 184 Å². The van der Waals surface area contributed by atoms with Crippen LogP contribution < -0.4 is 9.62 Å². The predicted molar refractivity (Wildman–Crippen MR) is 125 cm³/mol. The van der Waals surface area contributed by atoms with Crippen LogP contribution in [0.25, 0.3) is 0 Å². The molecule has 0 saturated heterocycles. The highest BCUT2D eigenvalue weighted by Crippen LogP contribution is 2.23. The van der Waals surface area contributed by atoms with Crippen molar-refractivity contribution in [2.75, 3.05) is 17.4 Å². The molecule has 6 heteroatoms. The number of hydrogen-bond donors (Lipinski definition) is 1.